The monoisotopic (exact) mass is 395 g/mol. The minimum atomic E-state index is -0.153. The maximum atomic E-state index is 13.3. The molecular weight excluding hydrogens is 370 g/mol. The molecule has 28 heavy (non-hydrogen) atoms. The number of carbonyl (C=O) groups excluding carboxylic acids is 1. The summed E-state index contributed by atoms with van der Waals surface area (Å²) in [6.07, 6.45) is 1.39. The zero-order valence-corrected chi connectivity index (χ0v) is 17.5. The van der Waals surface area contributed by atoms with E-state index in [1.54, 1.807) is 26.0 Å². The maximum absolute atomic E-state index is 13.3. The lowest BCUT2D eigenvalue weighted by molar-refractivity contribution is -0.118. The highest BCUT2D eigenvalue weighted by Gasteiger charge is 2.40. The molecule has 0 radical (unpaired) electrons. The molecule has 1 aliphatic heterocycles. The average molecular weight is 396 g/mol. The molecular formula is C23H25NO3S. The van der Waals surface area contributed by atoms with Crippen LogP contribution >= 0.6 is 11.8 Å². The van der Waals surface area contributed by atoms with E-state index in [1.165, 1.54) is 0 Å². The quantitative estimate of drug-likeness (QED) is 0.732. The summed E-state index contributed by atoms with van der Waals surface area (Å²) in [5.41, 5.74) is 3.83. The van der Waals surface area contributed by atoms with Crippen molar-refractivity contribution in [1.29, 1.82) is 0 Å². The molecule has 1 aliphatic carbocycles. The van der Waals surface area contributed by atoms with Crippen LogP contribution in [0.2, 0.25) is 0 Å². The van der Waals surface area contributed by atoms with Crippen molar-refractivity contribution in [2.45, 2.75) is 36.8 Å². The van der Waals surface area contributed by atoms with Gasteiger partial charge in [-0.05, 0) is 30.0 Å². The second-order valence-electron chi connectivity index (χ2n) is 8.03. The fraction of sp³-hybridized carbons (Fsp3) is 0.348. The molecule has 2 aromatic carbocycles. The first-order valence-corrected chi connectivity index (χ1v) is 10.3. The van der Waals surface area contributed by atoms with Gasteiger partial charge in [0, 0.05) is 28.1 Å². The zero-order chi connectivity index (χ0) is 19.9. The number of Topliss-reactive ketones (excluding diaryl/α,β-unsaturated/α-hetero) is 1. The lowest BCUT2D eigenvalue weighted by atomic mass is 9.74. The Morgan fingerprint density at radius 1 is 1.04 bits per heavy atom. The SMILES string of the molecule is COc1cccc([C@H]2Sc3ccccc3NC3=C2C(=O)CC(C)(C)C3)c1OC. The van der Waals surface area contributed by atoms with E-state index in [9.17, 15) is 4.79 Å². The van der Waals surface area contributed by atoms with Gasteiger partial charge in [-0.3, -0.25) is 4.79 Å². The van der Waals surface area contributed by atoms with Crippen LogP contribution in [0.4, 0.5) is 5.69 Å². The summed E-state index contributed by atoms with van der Waals surface area (Å²) in [4.78, 5) is 14.4. The predicted molar refractivity (Wildman–Crippen MR) is 113 cm³/mol. The van der Waals surface area contributed by atoms with Crippen molar-refractivity contribution in [3.05, 3.63) is 59.3 Å². The number of anilines is 1. The summed E-state index contributed by atoms with van der Waals surface area (Å²) in [5.74, 6) is 1.57. The molecule has 0 bridgehead atoms. The van der Waals surface area contributed by atoms with Gasteiger partial charge in [0.2, 0.25) is 0 Å². The normalized spacial score (nSPS) is 20.6. The number of rotatable bonds is 3. The molecule has 0 amide bonds. The number of hydrogen-bond donors (Lipinski definition) is 1. The summed E-state index contributed by atoms with van der Waals surface area (Å²) < 4.78 is 11.2. The summed E-state index contributed by atoms with van der Waals surface area (Å²) in [6.45, 7) is 4.31. The Hall–Kier alpha value is -2.40. The van der Waals surface area contributed by atoms with E-state index < -0.39 is 0 Å². The van der Waals surface area contributed by atoms with Crippen molar-refractivity contribution in [1.82, 2.24) is 0 Å². The van der Waals surface area contributed by atoms with Gasteiger partial charge in [0.25, 0.3) is 0 Å². The first-order chi connectivity index (χ1) is 13.4. The van der Waals surface area contributed by atoms with E-state index in [2.05, 4.69) is 31.3 Å². The number of ketones is 1. The molecule has 1 heterocycles. The second kappa shape index (κ2) is 7.21. The number of benzene rings is 2. The van der Waals surface area contributed by atoms with Crippen molar-refractivity contribution < 1.29 is 14.3 Å². The van der Waals surface area contributed by atoms with Crippen LogP contribution in [-0.2, 0) is 4.79 Å². The largest absolute Gasteiger partial charge is 0.493 e. The maximum Gasteiger partial charge on any atom is 0.165 e. The Kier molecular flexibility index (Phi) is 4.88. The molecule has 1 atom stereocenters. The second-order valence-corrected chi connectivity index (χ2v) is 9.18. The van der Waals surface area contributed by atoms with E-state index >= 15 is 0 Å². The number of nitrogens with one attached hydrogen (secondary N) is 1. The van der Waals surface area contributed by atoms with Gasteiger partial charge in [-0.25, -0.2) is 0 Å². The summed E-state index contributed by atoms with van der Waals surface area (Å²) in [7, 11) is 3.29. The highest BCUT2D eigenvalue weighted by molar-refractivity contribution is 8.00. The van der Waals surface area contributed by atoms with Gasteiger partial charge < -0.3 is 14.8 Å². The van der Waals surface area contributed by atoms with Crippen molar-refractivity contribution in [3.63, 3.8) is 0 Å². The fourth-order valence-corrected chi connectivity index (χ4v) is 5.47. The Labute approximate surface area is 170 Å². The minimum absolute atomic E-state index is 0.0596. The van der Waals surface area contributed by atoms with Crippen LogP contribution in [0.15, 0.2) is 58.6 Å². The third kappa shape index (κ3) is 3.28. The lowest BCUT2D eigenvalue weighted by Gasteiger charge is -2.34. The first-order valence-electron chi connectivity index (χ1n) is 9.43. The molecule has 0 unspecified atom stereocenters. The number of thioether (sulfide) groups is 1. The van der Waals surface area contributed by atoms with Crippen molar-refractivity contribution in [2.75, 3.05) is 19.5 Å². The van der Waals surface area contributed by atoms with Crippen molar-refractivity contribution in [2.24, 2.45) is 5.41 Å². The Morgan fingerprint density at radius 3 is 2.57 bits per heavy atom. The van der Waals surface area contributed by atoms with Crippen LogP contribution in [0, 0.1) is 5.41 Å². The highest BCUT2D eigenvalue weighted by Crippen LogP contribution is 2.54. The minimum Gasteiger partial charge on any atom is -0.493 e. The molecule has 2 aliphatic rings. The van der Waals surface area contributed by atoms with Gasteiger partial charge in [0.15, 0.2) is 17.3 Å². The smallest absolute Gasteiger partial charge is 0.165 e. The zero-order valence-electron chi connectivity index (χ0n) is 16.7. The molecule has 0 saturated heterocycles. The first kappa shape index (κ1) is 18.9. The van der Waals surface area contributed by atoms with Gasteiger partial charge in [-0.1, -0.05) is 38.1 Å². The third-order valence-corrected chi connectivity index (χ3v) is 6.65. The van der Waals surface area contributed by atoms with Crippen LogP contribution < -0.4 is 14.8 Å². The van der Waals surface area contributed by atoms with Gasteiger partial charge >= 0.3 is 0 Å². The van der Waals surface area contributed by atoms with Crippen LogP contribution in [-0.4, -0.2) is 20.0 Å². The van der Waals surface area contributed by atoms with E-state index in [0.29, 0.717) is 17.9 Å². The number of hydrogen-bond acceptors (Lipinski definition) is 5. The molecule has 146 valence electrons. The third-order valence-electron chi connectivity index (χ3n) is 5.32. The summed E-state index contributed by atoms with van der Waals surface area (Å²) in [6, 6.07) is 14.1. The van der Waals surface area contributed by atoms with Gasteiger partial charge in [-0.15, -0.1) is 11.8 Å². The molecule has 4 nitrogen and oxygen atoms in total. The van der Waals surface area contributed by atoms with E-state index in [0.717, 1.165) is 33.8 Å². The van der Waals surface area contributed by atoms with Crippen molar-refractivity contribution in [3.8, 4) is 11.5 Å². The van der Waals surface area contributed by atoms with Crippen LogP contribution in [0.1, 0.15) is 37.5 Å². The topological polar surface area (TPSA) is 47.6 Å². The fourth-order valence-electron chi connectivity index (χ4n) is 4.11. The van der Waals surface area contributed by atoms with Crippen LogP contribution in [0.3, 0.4) is 0 Å². The van der Waals surface area contributed by atoms with Gasteiger partial charge in [0.05, 0.1) is 25.2 Å². The van der Waals surface area contributed by atoms with E-state index in [4.69, 9.17) is 9.47 Å². The Bertz CT molecular complexity index is 964. The van der Waals surface area contributed by atoms with Crippen LogP contribution in [0.25, 0.3) is 0 Å². The number of para-hydroxylation sites is 2. The number of ether oxygens (including phenoxy) is 2. The van der Waals surface area contributed by atoms with Crippen LogP contribution in [0.5, 0.6) is 11.5 Å². The predicted octanol–water partition coefficient (Wildman–Crippen LogP) is 5.61. The average Bonchev–Trinajstić information content (AvgIpc) is 2.82. The Balaban J connectivity index is 1.93. The van der Waals surface area contributed by atoms with E-state index in [1.807, 2.05) is 30.3 Å². The molecule has 4 rings (SSSR count). The lowest BCUT2D eigenvalue weighted by Crippen LogP contribution is -2.29. The van der Waals surface area contributed by atoms with Gasteiger partial charge in [0.1, 0.15) is 0 Å². The van der Waals surface area contributed by atoms with Gasteiger partial charge in [-0.2, -0.15) is 0 Å². The molecule has 2 aromatic rings. The number of fused-ring (bicyclic) bond motifs is 1. The highest BCUT2D eigenvalue weighted by atomic mass is 32.2. The molecule has 5 heteroatoms. The summed E-state index contributed by atoms with van der Waals surface area (Å²) >= 11 is 1.69. The number of allylic oxidation sites excluding steroid dienone is 1. The Morgan fingerprint density at radius 2 is 1.82 bits per heavy atom. The molecule has 1 N–H and O–H groups in total. The molecule has 0 spiro atoms. The van der Waals surface area contributed by atoms with Crippen molar-refractivity contribution >= 4 is 23.2 Å². The number of carbonyl (C=O) groups is 1. The number of methoxy groups -OCH3 is 2. The molecule has 0 saturated carbocycles. The van der Waals surface area contributed by atoms with E-state index in [-0.39, 0.29) is 16.4 Å². The summed E-state index contributed by atoms with van der Waals surface area (Å²) in [5, 5.41) is 3.43. The molecule has 0 fully saturated rings. The molecule has 0 aromatic heterocycles. The standard InChI is InChI=1S/C23H25NO3S/c1-23(2)12-16-20(17(25)13-23)22(28-19-11-6-5-9-15(19)24-16)14-8-7-10-18(26-3)21(14)27-4/h5-11,22,24H,12-13H2,1-4H3/t22-/m1/s1.